The van der Waals surface area contributed by atoms with Crippen molar-refractivity contribution in [3.63, 3.8) is 0 Å². The first-order valence-corrected chi connectivity index (χ1v) is 6.90. The van der Waals surface area contributed by atoms with Crippen molar-refractivity contribution < 1.29 is 5.11 Å². The van der Waals surface area contributed by atoms with Crippen molar-refractivity contribution in [3.8, 4) is 0 Å². The van der Waals surface area contributed by atoms with E-state index in [1.54, 1.807) is 31.3 Å². The van der Waals surface area contributed by atoms with Gasteiger partial charge in [-0.2, -0.15) is 0 Å². The third kappa shape index (κ3) is 3.39. The largest absolute Gasteiger partial charge is 0.387 e. The minimum atomic E-state index is -0.557. The summed E-state index contributed by atoms with van der Waals surface area (Å²) < 4.78 is 0. The summed E-state index contributed by atoms with van der Waals surface area (Å²) in [7, 11) is 0. The second-order valence-corrected chi connectivity index (χ2v) is 5.73. The molecule has 2 rings (SSSR count). The van der Waals surface area contributed by atoms with Crippen molar-refractivity contribution in [2.24, 2.45) is 0 Å². The van der Waals surface area contributed by atoms with Gasteiger partial charge in [0.25, 0.3) is 0 Å². The number of rotatable bonds is 3. The Morgan fingerprint density at radius 2 is 2.00 bits per heavy atom. The van der Waals surface area contributed by atoms with Crippen LogP contribution in [0.1, 0.15) is 18.7 Å². The Kier molecular flexibility index (Phi) is 4.51. The zero-order valence-corrected chi connectivity index (χ0v) is 11.9. The topological polar surface area (TPSA) is 33.1 Å². The standard InChI is InChI=1S/C13H11Cl2NOS/c1-8(17)12-5-3-10(7-16-12)18-13-6-9(14)2-4-11(13)15/h2-8,17H,1H3/t8-/m1/s1. The van der Waals surface area contributed by atoms with Gasteiger partial charge in [-0.3, -0.25) is 4.98 Å². The molecule has 2 nitrogen and oxygen atoms in total. The maximum Gasteiger partial charge on any atom is 0.0931 e. The number of halogens is 2. The minimum absolute atomic E-state index is 0.557. The Morgan fingerprint density at radius 1 is 1.22 bits per heavy atom. The lowest BCUT2D eigenvalue weighted by Gasteiger charge is -2.06. The second-order valence-electron chi connectivity index (χ2n) is 3.77. The Labute approximate surface area is 120 Å². The van der Waals surface area contributed by atoms with E-state index in [-0.39, 0.29) is 0 Å². The summed E-state index contributed by atoms with van der Waals surface area (Å²) in [5.41, 5.74) is 0.650. The molecule has 0 aliphatic carbocycles. The molecular weight excluding hydrogens is 289 g/mol. The van der Waals surface area contributed by atoms with Crippen LogP contribution >= 0.6 is 35.0 Å². The minimum Gasteiger partial charge on any atom is -0.387 e. The molecule has 0 fully saturated rings. The number of hydrogen-bond donors (Lipinski definition) is 1. The highest BCUT2D eigenvalue weighted by Crippen LogP contribution is 2.34. The summed E-state index contributed by atoms with van der Waals surface area (Å²) in [5.74, 6) is 0. The maximum atomic E-state index is 9.38. The third-order valence-corrected chi connectivity index (χ3v) is 4.02. The van der Waals surface area contributed by atoms with E-state index in [9.17, 15) is 5.11 Å². The molecule has 5 heteroatoms. The van der Waals surface area contributed by atoms with Crippen LogP contribution in [0.25, 0.3) is 0 Å². The third-order valence-electron chi connectivity index (χ3n) is 2.31. The van der Waals surface area contributed by atoms with E-state index in [0.29, 0.717) is 15.7 Å². The maximum absolute atomic E-state index is 9.38. The predicted molar refractivity (Wildman–Crippen MR) is 75.5 cm³/mol. The molecule has 1 atom stereocenters. The lowest BCUT2D eigenvalue weighted by molar-refractivity contribution is 0.194. The van der Waals surface area contributed by atoms with Crippen LogP contribution in [0, 0.1) is 0 Å². The van der Waals surface area contributed by atoms with Crippen LogP contribution in [-0.4, -0.2) is 10.1 Å². The van der Waals surface area contributed by atoms with Gasteiger partial charge in [-0.15, -0.1) is 0 Å². The summed E-state index contributed by atoms with van der Waals surface area (Å²) in [6.07, 6.45) is 1.16. The van der Waals surface area contributed by atoms with Crippen molar-refractivity contribution in [3.05, 3.63) is 52.3 Å². The quantitative estimate of drug-likeness (QED) is 0.899. The first-order chi connectivity index (χ1) is 8.56. The number of benzene rings is 1. The Hall–Kier alpha value is -0.740. The van der Waals surface area contributed by atoms with Gasteiger partial charge in [-0.05, 0) is 37.3 Å². The number of aliphatic hydroxyl groups is 1. The normalized spacial score (nSPS) is 12.4. The smallest absolute Gasteiger partial charge is 0.0931 e. The van der Waals surface area contributed by atoms with Gasteiger partial charge in [0.15, 0.2) is 0 Å². The van der Waals surface area contributed by atoms with Crippen molar-refractivity contribution in [1.82, 2.24) is 4.98 Å². The highest BCUT2D eigenvalue weighted by molar-refractivity contribution is 7.99. The summed E-state index contributed by atoms with van der Waals surface area (Å²) >= 11 is 13.5. The molecule has 0 aliphatic heterocycles. The van der Waals surface area contributed by atoms with Crippen LogP contribution in [0.3, 0.4) is 0 Å². The Bertz CT molecular complexity index is 543. The average molecular weight is 300 g/mol. The molecule has 94 valence electrons. The molecule has 1 aromatic heterocycles. The number of aliphatic hydroxyl groups excluding tert-OH is 1. The molecule has 0 radical (unpaired) electrons. The van der Waals surface area contributed by atoms with Crippen LogP contribution in [0.2, 0.25) is 10.0 Å². The van der Waals surface area contributed by atoms with Crippen LogP contribution < -0.4 is 0 Å². The molecule has 1 aromatic carbocycles. The molecule has 18 heavy (non-hydrogen) atoms. The molecular formula is C13H11Cl2NOS. The molecule has 2 aromatic rings. The van der Waals surface area contributed by atoms with E-state index in [1.165, 1.54) is 11.8 Å². The van der Waals surface area contributed by atoms with E-state index >= 15 is 0 Å². The second kappa shape index (κ2) is 5.93. The summed E-state index contributed by atoms with van der Waals surface area (Å²) in [6.45, 7) is 1.68. The molecule has 0 amide bonds. The van der Waals surface area contributed by atoms with Gasteiger partial charge >= 0.3 is 0 Å². The van der Waals surface area contributed by atoms with Gasteiger partial charge in [0.2, 0.25) is 0 Å². The van der Waals surface area contributed by atoms with Crippen LogP contribution in [-0.2, 0) is 0 Å². The zero-order valence-electron chi connectivity index (χ0n) is 9.60. The molecule has 0 saturated heterocycles. The van der Waals surface area contributed by atoms with Crippen molar-refractivity contribution in [1.29, 1.82) is 0 Å². The van der Waals surface area contributed by atoms with Gasteiger partial charge in [0, 0.05) is 21.0 Å². The summed E-state index contributed by atoms with van der Waals surface area (Å²) in [5, 5.41) is 10.7. The van der Waals surface area contributed by atoms with E-state index in [0.717, 1.165) is 9.79 Å². The molecule has 0 spiro atoms. The molecule has 0 saturated carbocycles. The number of hydrogen-bond acceptors (Lipinski definition) is 3. The van der Waals surface area contributed by atoms with Gasteiger partial charge in [-0.25, -0.2) is 0 Å². The van der Waals surface area contributed by atoms with Gasteiger partial charge < -0.3 is 5.11 Å². The SMILES string of the molecule is C[C@@H](O)c1ccc(Sc2cc(Cl)ccc2Cl)cn1. The fourth-order valence-corrected chi connectivity index (χ4v) is 2.70. The van der Waals surface area contributed by atoms with Gasteiger partial charge in [0.1, 0.15) is 0 Å². The van der Waals surface area contributed by atoms with Crippen molar-refractivity contribution in [2.75, 3.05) is 0 Å². The van der Waals surface area contributed by atoms with Crippen molar-refractivity contribution in [2.45, 2.75) is 22.8 Å². The average Bonchev–Trinajstić information content (AvgIpc) is 2.34. The van der Waals surface area contributed by atoms with E-state index in [1.807, 2.05) is 12.1 Å². The molecule has 1 heterocycles. The van der Waals surface area contributed by atoms with Gasteiger partial charge in [0.05, 0.1) is 16.8 Å². The first kappa shape index (κ1) is 13.7. The van der Waals surface area contributed by atoms with Crippen LogP contribution in [0.15, 0.2) is 46.3 Å². The summed E-state index contributed by atoms with van der Waals surface area (Å²) in [6, 6.07) is 9.03. The molecule has 0 unspecified atom stereocenters. The molecule has 0 bridgehead atoms. The lowest BCUT2D eigenvalue weighted by Crippen LogP contribution is -1.94. The molecule has 0 aliphatic rings. The predicted octanol–water partition coefficient (Wildman–Crippen LogP) is 4.59. The van der Waals surface area contributed by atoms with E-state index in [2.05, 4.69) is 4.98 Å². The van der Waals surface area contributed by atoms with Gasteiger partial charge in [-0.1, -0.05) is 35.0 Å². The zero-order chi connectivity index (χ0) is 13.1. The van der Waals surface area contributed by atoms with Crippen LogP contribution in [0.5, 0.6) is 0 Å². The highest BCUT2D eigenvalue weighted by Gasteiger charge is 2.06. The number of pyridine rings is 1. The monoisotopic (exact) mass is 299 g/mol. The number of nitrogens with zero attached hydrogens (tertiary/aromatic N) is 1. The van der Waals surface area contributed by atoms with Crippen LogP contribution in [0.4, 0.5) is 0 Å². The van der Waals surface area contributed by atoms with E-state index < -0.39 is 6.10 Å². The fraction of sp³-hybridized carbons (Fsp3) is 0.154. The first-order valence-electron chi connectivity index (χ1n) is 5.33. The number of aromatic nitrogens is 1. The fourth-order valence-electron chi connectivity index (χ4n) is 1.38. The highest BCUT2D eigenvalue weighted by atomic mass is 35.5. The summed E-state index contributed by atoms with van der Waals surface area (Å²) in [4.78, 5) is 6.01. The Balaban J connectivity index is 2.21. The van der Waals surface area contributed by atoms with Crippen molar-refractivity contribution >= 4 is 35.0 Å². The Morgan fingerprint density at radius 3 is 2.61 bits per heavy atom. The van der Waals surface area contributed by atoms with E-state index in [4.69, 9.17) is 23.2 Å². The molecule has 1 N–H and O–H groups in total. The lowest BCUT2D eigenvalue weighted by atomic mass is 10.2.